The molecule has 3 heterocycles. The van der Waals surface area contributed by atoms with Gasteiger partial charge in [0.1, 0.15) is 11.2 Å². The lowest BCUT2D eigenvalue weighted by Gasteiger charge is -2.11. The molecule has 5 rings (SSSR count). The zero-order valence-corrected chi connectivity index (χ0v) is 14.5. The first kappa shape index (κ1) is 16.2. The number of halogens is 1. The predicted molar refractivity (Wildman–Crippen MR) is 102 cm³/mol. The van der Waals surface area contributed by atoms with Crippen molar-refractivity contribution in [2.24, 2.45) is 0 Å². The summed E-state index contributed by atoms with van der Waals surface area (Å²) in [5, 5.41) is 4.70. The number of para-hydroxylation sites is 1. The number of hydrogen-bond donors (Lipinski definition) is 0. The smallest absolute Gasteiger partial charge is 0.269 e. The van der Waals surface area contributed by atoms with Crippen LogP contribution in [0.1, 0.15) is 0 Å². The van der Waals surface area contributed by atoms with Gasteiger partial charge in [-0.1, -0.05) is 18.2 Å². The maximum atomic E-state index is 13.4. The molecule has 136 valence electrons. The molecule has 7 heteroatoms. The van der Waals surface area contributed by atoms with Gasteiger partial charge in [-0.3, -0.25) is 9.36 Å². The number of furan rings is 1. The van der Waals surface area contributed by atoms with Crippen molar-refractivity contribution in [3.05, 3.63) is 95.4 Å². The van der Waals surface area contributed by atoms with Crippen LogP contribution in [-0.4, -0.2) is 19.3 Å². The van der Waals surface area contributed by atoms with Gasteiger partial charge in [-0.2, -0.15) is 5.10 Å². The molecule has 0 unspecified atom stereocenters. The van der Waals surface area contributed by atoms with Crippen molar-refractivity contribution in [2.45, 2.75) is 0 Å². The minimum absolute atomic E-state index is 0.312. The van der Waals surface area contributed by atoms with E-state index in [0.29, 0.717) is 28.3 Å². The number of fused-ring (bicyclic) bond motifs is 1. The molecular weight excluding hydrogens is 359 g/mol. The van der Waals surface area contributed by atoms with Gasteiger partial charge in [0.05, 0.1) is 23.8 Å². The molecule has 0 radical (unpaired) electrons. The van der Waals surface area contributed by atoms with Gasteiger partial charge in [-0.05, 0) is 48.5 Å². The van der Waals surface area contributed by atoms with Crippen LogP contribution in [-0.2, 0) is 0 Å². The lowest BCUT2D eigenvalue weighted by molar-refractivity contribution is 0.574. The molecule has 0 aliphatic rings. The lowest BCUT2D eigenvalue weighted by Crippen LogP contribution is -2.22. The van der Waals surface area contributed by atoms with Gasteiger partial charge in [0.25, 0.3) is 5.56 Å². The van der Waals surface area contributed by atoms with Gasteiger partial charge in [-0.25, -0.2) is 14.1 Å². The first-order valence-corrected chi connectivity index (χ1v) is 8.58. The van der Waals surface area contributed by atoms with Crippen molar-refractivity contribution < 1.29 is 8.81 Å². The summed E-state index contributed by atoms with van der Waals surface area (Å²) in [5.41, 5.74) is 1.38. The van der Waals surface area contributed by atoms with E-state index in [9.17, 15) is 9.18 Å². The molecule has 0 aliphatic heterocycles. The van der Waals surface area contributed by atoms with E-state index in [1.807, 2.05) is 30.3 Å². The van der Waals surface area contributed by atoms with E-state index in [1.54, 1.807) is 16.8 Å². The number of nitrogens with zero attached hydrogens (tertiary/aromatic N) is 4. The number of aromatic nitrogens is 4. The second-order valence-electron chi connectivity index (χ2n) is 6.16. The third-order valence-corrected chi connectivity index (χ3v) is 4.43. The maximum Gasteiger partial charge on any atom is 0.269 e. The Labute approximate surface area is 158 Å². The fraction of sp³-hybridized carbons (Fsp3) is 0. The molecule has 0 saturated heterocycles. The third-order valence-electron chi connectivity index (χ3n) is 4.43. The number of rotatable bonds is 3. The fourth-order valence-corrected chi connectivity index (χ4v) is 3.13. The highest BCUT2D eigenvalue weighted by Crippen LogP contribution is 2.23. The number of hydrogen-bond acceptors (Lipinski definition) is 4. The van der Waals surface area contributed by atoms with E-state index in [2.05, 4.69) is 10.1 Å². The molecule has 6 nitrogen and oxygen atoms in total. The summed E-state index contributed by atoms with van der Waals surface area (Å²) in [7, 11) is 0. The monoisotopic (exact) mass is 372 g/mol. The van der Waals surface area contributed by atoms with Crippen molar-refractivity contribution >= 4 is 11.0 Å². The van der Waals surface area contributed by atoms with Crippen LogP contribution >= 0.6 is 0 Å². The van der Waals surface area contributed by atoms with Crippen molar-refractivity contribution in [3.8, 4) is 23.0 Å². The molecule has 3 aromatic heterocycles. The zero-order valence-electron chi connectivity index (χ0n) is 14.5. The van der Waals surface area contributed by atoms with E-state index in [4.69, 9.17) is 4.42 Å². The molecule has 28 heavy (non-hydrogen) atoms. The Hall–Kier alpha value is -4.00. The molecule has 0 bridgehead atoms. The Morgan fingerprint density at radius 1 is 0.893 bits per heavy atom. The van der Waals surface area contributed by atoms with Gasteiger partial charge in [0.15, 0.2) is 17.2 Å². The highest BCUT2D eigenvalue weighted by atomic mass is 19.1. The van der Waals surface area contributed by atoms with Crippen LogP contribution in [0.5, 0.6) is 0 Å². The third kappa shape index (κ3) is 2.52. The average Bonchev–Trinajstić information content (AvgIpc) is 3.39. The van der Waals surface area contributed by atoms with Crippen LogP contribution in [0.3, 0.4) is 0 Å². The molecule has 2 aromatic carbocycles. The van der Waals surface area contributed by atoms with Crippen molar-refractivity contribution in [3.63, 3.8) is 0 Å². The van der Waals surface area contributed by atoms with Crippen LogP contribution in [0.15, 0.2) is 88.4 Å². The number of benzene rings is 2. The first-order chi connectivity index (χ1) is 13.7. The van der Waals surface area contributed by atoms with E-state index in [1.165, 1.54) is 41.3 Å². The topological polar surface area (TPSA) is 65.8 Å². The molecule has 0 atom stereocenters. The molecule has 0 spiro atoms. The predicted octanol–water partition coefficient (Wildman–Crippen LogP) is 3.97. The van der Waals surface area contributed by atoms with Crippen LogP contribution in [0.25, 0.3) is 34.0 Å². The summed E-state index contributed by atoms with van der Waals surface area (Å²) >= 11 is 0. The van der Waals surface area contributed by atoms with Crippen LogP contribution in [0, 0.1) is 5.82 Å². The second-order valence-corrected chi connectivity index (χ2v) is 6.16. The first-order valence-electron chi connectivity index (χ1n) is 8.58. The Bertz CT molecular complexity index is 1320. The molecule has 5 aromatic rings. The molecule has 0 aliphatic carbocycles. The van der Waals surface area contributed by atoms with Crippen molar-refractivity contribution in [2.75, 3.05) is 0 Å². The van der Waals surface area contributed by atoms with Crippen molar-refractivity contribution in [1.29, 1.82) is 0 Å². The van der Waals surface area contributed by atoms with E-state index < -0.39 is 0 Å². The highest BCUT2D eigenvalue weighted by molar-refractivity contribution is 5.78. The summed E-state index contributed by atoms with van der Waals surface area (Å²) < 4.78 is 21.9. The Morgan fingerprint density at radius 2 is 1.68 bits per heavy atom. The highest BCUT2D eigenvalue weighted by Gasteiger charge is 2.19. The van der Waals surface area contributed by atoms with Crippen LogP contribution < -0.4 is 5.56 Å². The van der Waals surface area contributed by atoms with Gasteiger partial charge in [0.2, 0.25) is 0 Å². The zero-order chi connectivity index (χ0) is 19.1. The van der Waals surface area contributed by atoms with Crippen molar-refractivity contribution in [1.82, 2.24) is 19.3 Å². The van der Waals surface area contributed by atoms with Gasteiger partial charge < -0.3 is 4.42 Å². The maximum absolute atomic E-state index is 13.4. The fourth-order valence-electron chi connectivity index (χ4n) is 3.13. The summed E-state index contributed by atoms with van der Waals surface area (Å²) in [5.74, 6) is 0.346. The largest absolute Gasteiger partial charge is 0.461 e. The summed E-state index contributed by atoms with van der Waals surface area (Å²) in [4.78, 5) is 18.0. The molecule has 0 fully saturated rings. The quantitative estimate of drug-likeness (QED) is 0.481. The summed E-state index contributed by atoms with van der Waals surface area (Å²) in [6, 6.07) is 18.5. The lowest BCUT2D eigenvalue weighted by atomic mass is 10.2. The minimum atomic E-state index is -0.387. The summed E-state index contributed by atoms with van der Waals surface area (Å²) in [6.45, 7) is 0. The van der Waals surface area contributed by atoms with E-state index in [-0.39, 0.29) is 11.4 Å². The molecule has 0 saturated carbocycles. The van der Waals surface area contributed by atoms with E-state index >= 15 is 0 Å². The van der Waals surface area contributed by atoms with Crippen LogP contribution in [0.2, 0.25) is 0 Å². The molecular formula is C21H13FN4O2. The minimum Gasteiger partial charge on any atom is -0.461 e. The Morgan fingerprint density at radius 3 is 2.39 bits per heavy atom. The second kappa shape index (κ2) is 6.31. The average molecular weight is 372 g/mol. The molecule has 0 N–H and O–H groups in total. The standard InChI is InChI=1S/C21H13FN4O2/c22-14-8-10-15(11-9-14)25-20(18-7-4-12-28-18)24-19-17(21(25)27)13-23-26(19)16-5-2-1-3-6-16/h1-13H. The van der Waals surface area contributed by atoms with Crippen LogP contribution in [0.4, 0.5) is 4.39 Å². The van der Waals surface area contributed by atoms with Gasteiger partial charge in [-0.15, -0.1) is 0 Å². The van der Waals surface area contributed by atoms with Gasteiger partial charge in [0, 0.05) is 0 Å². The van der Waals surface area contributed by atoms with Gasteiger partial charge >= 0.3 is 0 Å². The SMILES string of the molecule is O=c1c2cnn(-c3ccccc3)c2nc(-c2ccco2)n1-c1ccc(F)cc1. The molecule has 0 amide bonds. The Balaban J connectivity index is 1.85. The normalized spacial score (nSPS) is 11.2. The summed E-state index contributed by atoms with van der Waals surface area (Å²) in [6.07, 6.45) is 3.00. The van der Waals surface area contributed by atoms with E-state index in [0.717, 1.165) is 5.69 Å². The Kier molecular flexibility index (Phi) is 3.65.